The Labute approximate surface area is 146 Å². The zero-order chi connectivity index (χ0) is 17.2. The molecule has 0 atom stereocenters. The van der Waals surface area contributed by atoms with Crippen LogP contribution >= 0.6 is 0 Å². The van der Waals surface area contributed by atoms with Gasteiger partial charge in [-0.05, 0) is 24.1 Å². The average Bonchev–Trinajstić information content (AvgIpc) is 3.07. The molecule has 6 heteroatoms. The van der Waals surface area contributed by atoms with Crippen molar-refractivity contribution in [2.24, 2.45) is 0 Å². The second-order valence-electron chi connectivity index (χ2n) is 6.40. The molecule has 1 N–H and O–H groups in total. The van der Waals surface area contributed by atoms with Crippen LogP contribution in [0.3, 0.4) is 0 Å². The molecular formula is C19H21N5O. The molecule has 0 radical (unpaired) electrons. The summed E-state index contributed by atoms with van der Waals surface area (Å²) in [5.74, 6) is 0.915. The molecule has 128 valence electrons. The molecule has 0 aliphatic carbocycles. The van der Waals surface area contributed by atoms with Crippen LogP contribution in [-0.2, 0) is 11.2 Å². The number of carbonyl (C=O) groups is 1. The Balaban J connectivity index is 1.41. The molecule has 2 aromatic heterocycles. The van der Waals surface area contributed by atoms with Crippen molar-refractivity contribution in [3.05, 3.63) is 54.0 Å². The lowest BCUT2D eigenvalue weighted by atomic mass is 10.1. The van der Waals surface area contributed by atoms with Crippen LogP contribution in [0.15, 0.2) is 42.9 Å². The molecular weight excluding hydrogens is 314 g/mol. The summed E-state index contributed by atoms with van der Waals surface area (Å²) in [4.78, 5) is 28.6. The van der Waals surface area contributed by atoms with E-state index in [1.54, 1.807) is 12.4 Å². The Bertz CT molecular complexity index is 881. The first-order chi connectivity index (χ1) is 12.2. The standard InChI is InChI=1S/C19H21N5O/c1-14-4-2-5-16-15(13-22-18(14)16)12-17(25)23-8-10-24(11-9-23)19-20-6-3-7-21-19/h2-7,13,22H,8-12H2,1H3. The molecule has 3 heterocycles. The number of benzene rings is 1. The van der Waals surface area contributed by atoms with Crippen LogP contribution in [0, 0.1) is 6.92 Å². The van der Waals surface area contributed by atoms with E-state index >= 15 is 0 Å². The van der Waals surface area contributed by atoms with Crippen LogP contribution < -0.4 is 4.90 Å². The van der Waals surface area contributed by atoms with Crippen molar-refractivity contribution in [2.45, 2.75) is 13.3 Å². The summed E-state index contributed by atoms with van der Waals surface area (Å²) in [7, 11) is 0. The molecule has 1 aliphatic heterocycles. The minimum atomic E-state index is 0.177. The Hall–Kier alpha value is -2.89. The highest BCUT2D eigenvalue weighted by Crippen LogP contribution is 2.22. The Kier molecular flexibility index (Phi) is 4.09. The van der Waals surface area contributed by atoms with Crippen LogP contribution in [0.1, 0.15) is 11.1 Å². The number of H-pyrrole nitrogens is 1. The largest absolute Gasteiger partial charge is 0.361 e. The molecule has 0 spiro atoms. The second-order valence-corrected chi connectivity index (χ2v) is 6.40. The van der Waals surface area contributed by atoms with E-state index in [0.29, 0.717) is 19.5 Å². The molecule has 0 bridgehead atoms. The number of aryl methyl sites for hydroxylation is 1. The Morgan fingerprint density at radius 2 is 1.88 bits per heavy atom. The molecule has 1 fully saturated rings. The normalized spacial score (nSPS) is 14.9. The lowest BCUT2D eigenvalue weighted by molar-refractivity contribution is -0.130. The van der Waals surface area contributed by atoms with Crippen LogP contribution in [0.2, 0.25) is 0 Å². The van der Waals surface area contributed by atoms with Crippen molar-refractivity contribution in [1.29, 1.82) is 0 Å². The third-order valence-corrected chi connectivity index (χ3v) is 4.82. The fourth-order valence-corrected chi connectivity index (χ4v) is 3.40. The van der Waals surface area contributed by atoms with Gasteiger partial charge >= 0.3 is 0 Å². The fourth-order valence-electron chi connectivity index (χ4n) is 3.40. The number of anilines is 1. The number of nitrogens with zero attached hydrogens (tertiary/aromatic N) is 4. The van der Waals surface area contributed by atoms with Crippen LogP contribution in [0.25, 0.3) is 10.9 Å². The van der Waals surface area contributed by atoms with Gasteiger partial charge in [0.1, 0.15) is 0 Å². The number of piperazine rings is 1. The monoisotopic (exact) mass is 335 g/mol. The van der Waals surface area contributed by atoms with Gasteiger partial charge < -0.3 is 14.8 Å². The summed E-state index contributed by atoms with van der Waals surface area (Å²) in [5, 5.41) is 1.14. The lowest BCUT2D eigenvalue weighted by Gasteiger charge is -2.34. The van der Waals surface area contributed by atoms with E-state index < -0.39 is 0 Å². The SMILES string of the molecule is Cc1cccc2c(CC(=O)N3CCN(c4ncccn4)CC3)c[nH]c12. The van der Waals surface area contributed by atoms with Crippen LogP contribution in [0.4, 0.5) is 5.95 Å². The molecule has 25 heavy (non-hydrogen) atoms. The van der Waals surface area contributed by atoms with E-state index in [4.69, 9.17) is 0 Å². The number of hydrogen-bond donors (Lipinski definition) is 1. The van der Waals surface area contributed by atoms with Gasteiger partial charge in [0.05, 0.1) is 6.42 Å². The number of aromatic nitrogens is 3. The minimum absolute atomic E-state index is 0.177. The quantitative estimate of drug-likeness (QED) is 0.797. The highest BCUT2D eigenvalue weighted by Gasteiger charge is 2.23. The van der Waals surface area contributed by atoms with Crippen LogP contribution in [-0.4, -0.2) is 51.9 Å². The first-order valence-electron chi connectivity index (χ1n) is 8.58. The van der Waals surface area contributed by atoms with Crippen molar-refractivity contribution >= 4 is 22.8 Å². The van der Waals surface area contributed by atoms with Gasteiger partial charge in [-0.15, -0.1) is 0 Å². The zero-order valence-electron chi connectivity index (χ0n) is 14.3. The van der Waals surface area contributed by atoms with Gasteiger partial charge in [0.25, 0.3) is 0 Å². The number of para-hydroxylation sites is 1. The van der Waals surface area contributed by atoms with Gasteiger partial charge in [0.15, 0.2) is 0 Å². The number of amides is 1. The number of hydrogen-bond acceptors (Lipinski definition) is 4. The number of fused-ring (bicyclic) bond motifs is 1. The molecule has 1 saturated heterocycles. The number of aromatic amines is 1. The van der Waals surface area contributed by atoms with Gasteiger partial charge in [0, 0.05) is 55.7 Å². The summed E-state index contributed by atoms with van der Waals surface area (Å²) >= 11 is 0. The molecule has 1 aliphatic rings. The Morgan fingerprint density at radius 1 is 1.12 bits per heavy atom. The van der Waals surface area contributed by atoms with Gasteiger partial charge in [-0.2, -0.15) is 0 Å². The predicted octanol–water partition coefficient (Wildman–Crippen LogP) is 2.16. The molecule has 4 rings (SSSR count). The van der Waals surface area contributed by atoms with E-state index in [1.165, 1.54) is 5.56 Å². The van der Waals surface area contributed by atoms with E-state index in [0.717, 1.165) is 35.5 Å². The molecule has 0 unspecified atom stereocenters. The van der Waals surface area contributed by atoms with Crippen molar-refractivity contribution in [3.8, 4) is 0 Å². The lowest BCUT2D eigenvalue weighted by Crippen LogP contribution is -2.49. The minimum Gasteiger partial charge on any atom is -0.361 e. The molecule has 3 aromatic rings. The van der Waals surface area contributed by atoms with Gasteiger partial charge in [-0.3, -0.25) is 4.79 Å². The van der Waals surface area contributed by atoms with Crippen molar-refractivity contribution in [2.75, 3.05) is 31.1 Å². The predicted molar refractivity (Wildman–Crippen MR) is 97.6 cm³/mol. The average molecular weight is 335 g/mol. The van der Waals surface area contributed by atoms with E-state index in [9.17, 15) is 4.79 Å². The van der Waals surface area contributed by atoms with Crippen molar-refractivity contribution in [1.82, 2.24) is 19.9 Å². The third-order valence-electron chi connectivity index (χ3n) is 4.82. The first-order valence-corrected chi connectivity index (χ1v) is 8.58. The Morgan fingerprint density at radius 3 is 2.64 bits per heavy atom. The van der Waals surface area contributed by atoms with E-state index in [1.807, 2.05) is 23.2 Å². The zero-order valence-corrected chi connectivity index (χ0v) is 14.3. The van der Waals surface area contributed by atoms with Crippen molar-refractivity contribution in [3.63, 3.8) is 0 Å². The third kappa shape index (κ3) is 3.07. The fraction of sp³-hybridized carbons (Fsp3) is 0.316. The molecule has 0 saturated carbocycles. The van der Waals surface area contributed by atoms with Crippen molar-refractivity contribution < 1.29 is 4.79 Å². The first kappa shape index (κ1) is 15.6. The summed E-state index contributed by atoms with van der Waals surface area (Å²) in [6.45, 7) is 5.03. The number of nitrogens with one attached hydrogen (secondary N) is 1. The topological polar surface area (TPSA) is 65.1 Å². The highest BCUT2D eigenvalue weighted by atomic mass is 16.2. The maximum atomic E-state index is 12.7. The van der Waals surface area contributed by atoms with Crippen LogP contribution in [0.5, 0.6) is 0 Å². The second kappa shape index (κ2) is 6.55. The molecule has 1 aromatic carbocycles. The highest BCUT2D eigenvalue weighted by molar-refractivity contribution is 5.90. The van der Waals surface area contributed by atoms with Gasteiger partial charge in [-0.1, -0.05) is 18.2 Å². The van der Waals surface area contributed by atoms with E-state index in [2.05, 4.69) is 38.9 Å². The smallest absolute Gasteiger partial charge is 0.227 e. The summed E-state index contributed by atoms with van der Waals surface area (Å²) in [6.07, 6.45) is 5.90. The summed E-state index contributed by atoms with van der Waals surface area (Å²) < 4.78 is 0. The maximum Gasteiger partial charge on any atom is 0.227 e. The van der Waals surface area contributed by atoms with Gasteiger partial charge in [0.2, 0.25) is 11.9 Å². The summed E-state index contributed by atoms with van der Waals surface area (Å²) in [6, 6.07) is 8.01. The molecule has 1 amide bonds. The summed E-state index contributed by atoms with van der Waals surface area (Å²) in [5.41, 5.74) is 3.39. The van der Waals surface area contributed by atoms with E-state index in [-0.39, 0.29) is 5.91 Å². The maximum absolute atomic E-state index is 12.7. The number of carbonyl (C=O) groups excluding carboxylic acids is 1. The van der Waals surface area contributed by atoms with Gasteiger partial charge in [-0.25, -0.2) is 9.97 Å². The number of rotatable bonds is 3. The molecule has 6 nitrogen and oxygen atoms in total.